The first-order valence-electron chi connectivity index (χ1n) is 9.44. The van der Waals surface area contributed by atoms with Crippen LogP contribution in [0.4, 0.5) is 5.00 Å². The minimum absolute atomic E-state index is 0. The second-order valence-electron chi connectivity index (χ2n) is 6.56. The maximum atomic E-state index is 5.50. The van der Waals surface area contributed by atoms with Gasteiger partial charge in [0.2, 0.25) is 0 Å². The van der Waals surface area contributed by atoms with Crippen LogP contribution >= 0.6 is 35.3 Å². The van der Waals surface area contributed by atoms with Crippen molar-refractivity contribution in [1.82, 2.24) is 15.4 Å². The Morgan fingerprint density at radius 3 is 2.63 bits per heavy atom. The molecular weight excluding hydrogens is 473 g/mol. The Balaban J connectivity index is 0.00000261. The van der Waals surface area contributed by atoms with Crippen LogP contribution in [0.15, 0.2) is 33.1 Å². The lowest BCUT2D eigenvalue weighted by Crippen LogP contribution is -2.52. The minimum Gasteiger partial charge on any atom is -0.360 e. The topological polar surface area (TPSA) is 56.9 Å². The fourth-order valence-corrected chi connectivity index (χ4v) is 4.18. The fourth-order valence-electron chi connectivity index (χ4n) is 3.40. The largest absolute Gasteiger partial charge is 0.360 e. The van der Waals surface area contributed by atoms with Gasteiger partial charge in [0, 0.05) is 45.2 Å². The third-order valence-corrected chi connectivity index (χ3v) is 5.94. The summed E-state index contributed by atoms with van der Waals surface area (Å²) < 4.78 is 5.50. The van der Waals surface area contributed by atoms with Crippen LogP contribution in [0.1, 0.15) is 44.1 Å². The van der Waals surface area contributed by atoms with Crippen molar-refractivity contribution >= 4 is 46.3 Å². The van der Waals surface area contributed by atoms with Crippen molar-refractivity contribution in [1.29, 1.82) is 0 Å². The van der Waals surface area contributed by atoms with Crippen molar-refractivity contribution in [3.8, 4) is 0 Å². The highest BCUT2D eigenvalue weighted by molar-refractivity contribution is 14.0. The first-order valence-corrected chi connectivity index (χ1v) is 10.3. The highest BCUT2D eigenvalue weighted by Gasteiger charge is 2.20. The molecule has 1 fully saturated rings. The lowest BCUT2D eigenvalue weighted by atomic mass is 9.99. The smallest absolute Gasteiger partial charge is 0.194 e. The van der Waals surface area contributed by atoms with Gasteiger partial charge in [-0.15, -0.1) is 35.3 Å². The molecule has 0 aromatic carbocycles. The zero-order valence-corrected chi connectivity index (χ0v) is 19.5. The van der Waals surface area contributed by atoms with E-state index in [0.717, 1.165) is 56.4 Å². The molecule has 0 aliphatic carbocycles. The van der Waals surface area contributed by atoms with Crippen LogP contribution in [0.5, 0.6) is 0 Å². The van der Waals surface area contributed by atoms with E-state index < -0.39 is 0 Å². The number of aromatic nitrogens is 1. The molecule has 0 spiro atoms. The maximum absolute atomic E-state index is 5.50. The number of anilines is 1. The molecule has 1 aliphatic rings. The van der Waals surface area contributed by atoms with Crippen LogP contribution in [0.2, 0.25) is 0 Å². The average Bonchev–Trinajstić information content (AvgIpc) is 3.36. The number of nitrogens with zero attached hydrogens (tertiary/aromatic N) is 4. The van der Waals surface area contributed by atoms with Crippen molar-refractivity contribution in [2.75, 3.05) is 38.1 Å². The average molecular weight is 503 g/mol. The van der Waals surface area contributed by atoms with Crippen molar-refractivity contribution in [2.45, 2.75) is 39.2 Å². The van der Waals surface area contributed by atoms with Crippen LogP contribution in [-0.2, 0) is 6.54 Å². The van der Waals surface area contributed by atoms with Gasteiger partial charge in [-0.2, -0.15) is 0 Å². The summed E-state index contributed by atoms with van der Waals surface area (Å²) in [6.45, 7) is 8.96. The van der Waals surface area contributed by atoms with Gasteiger partial charge in [-0.25, -0.2) is 0 Å². The van der Waals surface area contributed by atoms with E-state index in [2.05, 4.69) is 62.7 Å². The molecule has 150 valence electrons. The van der Waals surface area contributed by atoms with Gasteiger partial charge < -0.3 is 19.6 Å². The van der Waals surface area contributed by atoms with E-state index in [9.17, 15) is 0 Å². The Labute approximate surface area is 183 Å². The Morgan fingerprint density at radius 2 is 2.04 bits per heavy atom. The summed E-state index contributed by atoms with van der Waals surface area (Å²) in [6, 6.07) is 6.38. The molecule has 0 bridgehead atoms. The molecule has 2 aromatic rings. The molecule has 1 aliphatic heterocycles. The number of nitrogens with one attached hydrogen (secondary N) is 1. The summed E-state index contributed by atoms with van der Waals surface area (Å²) in [5.41, 5.74) is 1.06. The lowest BCUT2D eigenvalue weighted by molar-refractivity contribution is 0.353. The third-order valence-electron chi connectivity index (χ3n) is 5.01. The molecule has 0 amide bonds. The number of halogens is 1. The fraction of sp³-hybridized carbons (Fsp3) is 0.579. The standard InChI is InChI=1S/C19H29N5OS.HI/c1-4-15(5-2)17-13-16(25-22-17)14-21-19(20-3)24-10-8-23(9-11-24)18-7-6-12-26-18;/h6-7,12-13,15H,4-5,8-11,14H2,1-3H3,(H,20,21);1H. The van der Waals surface area contributed by atoms with Crippen molar-refractivity contribution in [3.05, 3.63) is 35.0 Å². The van der Waals surface area contributed by atoms with Crippen molar-refractivity contribution in [2.24, 2.45) is 4.99 Å². The molecule has 1 N–H and O–H groups in total. The van der Waals surface area contributed by atoms with Gasteiger partial charge in [-0.1, -0.05) is 19.0 Å². The first-order chi connectivity index (χ1) is 12.7. The van der Waals surface area contributed by atoms with E-state index in [1.165, 1.54) is 5.00 Å². The number of aliphatic imine (C=N–C) groups is 1. The van der Waals surface area contributed by atoms with E-state index in [1.807, 2.05) is 7.05 Å². The molecule has 2 aromatic heterocycles. The predicted octanol–water partition coefficient (Wildman–Crippen LogP) is 4.16. The Bertz CT molecular complexity index is 691. The van der Waals surface area contributed by atoms with Crippen LogP contribution in [0, 0.1) is 0 Å². The molecule has 27 heavy (non-hydrogen) atoms. The molecule has 0 radical (unpaired) electrons. The zero-order chi connectivity index (χ0) is 18.4. The van der Waals surface area contributed by atoms with Crippen LogP contribution in [-0.4, -0.2) is 49.2 Å². The molecular formula is C19H30IN5OS. The number of hydrogen-bond acceptors (Lipinski definition) is 5. The number of rotatable bonds is 6. The normalized spacial score (nSPS) is 15.2. The second kappa shape index (κ2) is 10.9. The third kappa shape index (κ3) is 5.60. The van der Waals surface area contributed by atoms with E-state index >= 15 is 0 Å². The molecule has 6 nitrogen and oxygen atoms in total. The first kappa shape index (κ1) is 22.0. The van der Waals surface area contributed by atoms with E-state index in [-0.39, 0.29) is 24.0 Å². The van der Waals surface area contributed by atoms with Crippen molar-refractivity contribution < 1.29 is 4.52 Å². The number of thiophene rings is 1. The molecule has 0 saturated carbocycles. The summed E-state index contributed by atoms with van der Waals surface area (Å²) in [7, 11) is 1.84. The van der Waals surface area contributed by atoms with E-state index in [1.54, 1.807) is 11.3 Å². The van der Waals surface area contributed by atoms with Gasteiger partial charge in [-0.3, -0.25) is 4.99 Å². The molecule has 1 saturated heterocycles. The maximum Gasteiger partial charge on any atom is 0.194 e. The van der Waals surface area contributed by atoms with Gasteiger partial charge in [0.1, 0.15) is 0 Å². The highest BCUT2D eigenvalue weighted by atomic mass is 127. The highest BCUT2D eigenvalue weighted by Crippen LogP contribution is 2.23. The Morgan fingerprint density at radius 1 is 1.30 bits per heavy atom. The van der Waals surface area contributed by atoms with Crippen molar-refractivity contribution in [3.63, 3.8) is 0 Å². The van der Waals surface area contributed by atoms with Gasteiger partial charge >= 0.3 is 0 Å². The minimum atomic E-state index is 0. The number of guanidine groups is 1. The molecule has 0 unspecified atom stereocenters. The molecule has 0 atom stereocenters. The Kier molecular flexibility index (Phi) is 8.88. The number of piperazine rings is 1. The van der Waals surface area contributed by atoms with E-state index in [4.69, 9.17) is 4.52 Å². The monoisotopic (exact) mass is 503 g/mol. The molecule has 3 heterocycles. The summed E-state index contributed by atoms with van der Waals surface area (Å²) in [4.78, 5) is 9.19. The zero-order valence-electron chi connectivity index (χ0n) is 16.4. The van der Waals surface area contributed by atoms with Crippen LogP contribution in [0.25, 0.3) is 0 Å². The second-order valence-corrected chi connectivity index (χ2v) is 7.48. The van der Waals surface area contributed by atoms with E-state index in [0.29, 0.717) is 12.5 Å². The van der Waals surface area contributed by atoms with Crippen LogP contribution < -0.4 is 10.2 Å². The lowest BCUT2D eigenvalue weighted by Gasteiger charge is -2.36. The van der Waals surface area contributed by atoms with Gasteiger partial charge in [0.15, 0.2) is 11.7 Å². The Hall–Kier alpha value is -1.29. The molecule has 3 rings (SSSR count). The van der Waals surface area contributed by atoms with Gasteiger partial charge in [0.25, 0.3) is 0 Å². The summed E-state index contributed by atoms with van der Waals surface area (Å²) >= 11 is 1.80. The summed E-state index contributed by atoms with van der Waals surface area (Å²) in [6.07, 6.45) is 2.18. The predicted molar refractivity (Wildman–Crippen MR) is 124 cm³/mol. The summed E-state index contributed by atoms with van der Waals surface area (Å²) in [5.74, 6) is 2.28. The summed E-state index contributed by atoms with van der Waals surface area (Å²) in [5, 5.41) is 11.1. The van der Waals surface area contributed by atoms with Crippen LogP contribution in [0.3, 0.4) is 0 Å². The van der Waals surface area contributed by atoms with Gasteiger partial charge in [0.05, 0.1) is 17.2 Å². The number of hydrogen-bond donors (Lipinski definition) is 1. The quantitative estimate of drug-likeness (QED) is 0.365. The SMILES string of the molecule is CCC(CC)c1cc(CNC(=NC)N2CCN(c3cccs3)CC2)on1.I. The van der Waals surface area contributed by atoms with Gasteiger partial charge in [-0.05, 0) is 30.4 Å². The molecule has 8 heteroatoms.